The van der Waals surface area contributed by atoms with E-state index in [-0.39, 0.29) is 5.91 Å². The Morgan fingerprint density at radius 3 is 2.94 bits per heavy atom. The lowest BCUT2D eigenvalue weighted by Gasteiger charge is -2.30. The Morgan fingerprint density at radius 1 is 1.59 bits per heavy atom. The number of rotatable bonds is 3. The molecule has 1 amide bonds. The molecule has 88 valence electrons. The maximum absolute atomic E-state index is 12.1. The number of amides is 1. The minimum Gasteiger partial charge on any atom is -0.341 e. The van der Waals surface area contributed by atoms with Crippen LogP contribution in [0.3, 0.4) is 0 Å². The molecule has 1 aromatic heterocycles. The van der Waals surface area contributed by atoms with Crippen molar-refractivity contribution in [2.75, 3.05) is 13.6 Å². The van der Waals surface area contributed by atoms with Gasteiger partial charge in [-0.05, 0) is 24.8 Å². The number of hydrogen-bond acceptors (Lipinski definition) is 3. The van der Waals surface area contributed by atoms with Crippen LogP contribution in [0.2, 0.25) is 0 Å². The first kappa shape index (κ1) is 11.6. The standard InChI is InChI=1S/C13H15N3O/c1-16(9-10-3-2-4-10)13(17)12-5-11(6-14)7-15-8-12/h5,7-8,10H,2-4,9H2,1H3. The van der Waals surface area contributed by atoms with Gasteiger partial charge in [-0.15, -0.1) is 0 Å². The van der Waals surface area contributed by atoms with Crippen LogP contribution in [-0.4, -0.2) is 29.4 Å². The van der Waals surface area contributed by atoms with Crippen LogP contribution >= 0.6 is 0 Å². The van der Waals surface area contributed by atoms with Crippen LogP contribution in [0.5, 0.6) is 0 Å². The van der Waals surface area contributed by atoms with E-state index in [1.165, 1.54) is 31.7 Å². The minimum absolute atomic E-state index is 0.0542. The summed E-state index contributed by atoms with van der Waals surface area (Å²) in [4.78, 5) is 17.7. The van der Waals surface area contributed by atoms with E-state index in [9.17, 15) is 4.79 Å². The molecule has 4 heteroatoms. The molecule has 2 rings (SSSR count). The highest BCUT2D eigenvalue weighted by molar-refractivity contribution is 5.94. The van der Waals surface area contributed by atoms with E-state index in [0.29, 0.717) is 17.0 Å². The van der Waals surface area contributed by atoms with Crippen molar-refractivity contribution in [2.24, 2.45) is 5.92 Å². The van der Waals surface area contributed by atoms with Gasteiger partial charge < -0.3 is 4.90 Å². The predicted molar refractivity (Wildman–Crippen MR) is 63.3 cm³/mol. The van der Waals surface area contributed by atoms with Gasteiger partial charge in [0, 0.05) is 26.0 Å². The number of nitrogens with zero attached hydrogens (tertiary/aromatic N) is 3. The molecule has 17 heavy (non-hydrogen) atoms. The van der Waals surface area contributed by atoms with Crippen molar-refractivity contribution >= 4 is 5.91 Å². The van der Waals surface area contributed by atoms with E-state index in [1.54, 1.807) is 18.0 Å². The summed E-state index contributed by atoms with van der Waals surface area (Å²) in [6.45, 7) is 0.801. The third kappa shape index (κ3) is 2.62. The van der Waals surface area contributed by atoms with Gasteiger partial charge in [0.15, 0.2) is 0 Å². The highest BCUT2D eigenvalue weighted by Gasteiger charge is 2.22. The molecule has 0 unspecified atom stereocenters. The van der Waals surface area contributed by atoms with Crippen LogP contribution in [0, 0.1) is 17.2 Å². The molecule has 0 atom stereocenters. The number of pyridine rings is 1. The Labute approximate surface area is 101 Å². The number of carbonyl (C=O) groups is 1. The summed E-state index contributed by atoms with van der Waals surface area (Å²) in [5.41, 5.74) is 0.916. The van der Waals surface area contributed by atoms with Gasteiger partial charge in [-0.2, -0.15) is 5.26 Å². The first-order valence-corrected chi connectivity index (χ1v) is 5.81. The smallest absolute Gasteiger partial charge is 0.255 e. The predicted octanol–water partition coefficient (Wildman–Crippen LogP) is 1.83. The summed E-state index contributed by atoms with van der Waals surface area (Å²) in [5.74, 6) is 0.595. The molecule has 1 aliphatic rings. The summed E-state index contributed by atoms with van der Waals surface area (Å²) in [6.07, 6.45) is 6.68. The summed E-state index contributed by atoms with van der Waals surface area (Å²) in [7, 11) is 1.81. The molecule has 0 N–H and O–H groups in total. The fraction of sp³-hybridized carbons (Fsp3) is 0.462. The van der Waals surface area contributed by atoms with E-state index < -0.39 is 0 Å². The van der Waals surface area contributed by atoms with Gasteiger partial charge in [-0.3, -0.25) is 9.78 Å². The van der Waals surface area contributed by atoms with Crippen LogP contribution in [0.15, 0.2) is 18.5 Å². The highest BCUT2D eigenvalue weighted by Crippen LogP contribution is 2.27. The van der Waals surface area contributed by atoms with Crippen molar-refractivity contribution in [1.82, 2.24) is 9.88 Å². The third-order valence-electron chi connectivity index (χ3n) is 3.22. The second-order valence-corrected chi connectivity index (χ2v) is 4.56. The fourth-order valence-corrected chi connectivity index (χ4v) is 1.98. The molecule has 0 radical (unpaired) electrons. The van der Waals surface area contributed by atoms with Crippen LogP contribution in [0.1, 0.15) is 35.2 Å². The normalized spacial score (nSPS) is 14.8. The van der Waals surface area contributed by atoms with Crippen LogP contribution in [0.4, 0.5) is 0 Å². The van der Waals surface area contributed by atoms with E-state index >= 15 is 0 Å². The molecular weight excluding hydrogens is 214 g/mol. The molecule has 0 aliphatic heterocycles. The largest absolute Gasteiger partial charge is 0.341 e. The minimum atomic E-state index is -0.0542. The Morgan fingerprint density at radius 2 is 2.35 bits per heavy atom. The Bertz CT molecular complexity index is 460. The van der Waals surface area contributed by atoms with Crippen molar-refractivity contribution in [1.29, 1.82) is 5.26 Å². The van der Waals surface area contributed by atoms with Crippen molar-refractivity contribution in [3.05, 3.63) is 29.6 Å². The third-order valence-corrected chi connectivity index (χ3v) is 3.22. The van der Waals surface area contributed by atoms with Gasteiger partial charge in [0.25, 0.3) is 5.91 Å². The number of aromatic nitrogens is 1. The molecule has 0 spiro atoms. The second-order valence-electron chi connectivity index (χ2n) is 4.56. The van der Waals surface area contributed by atoms with Gasteiger partial charge in [0.05, 0.1) is 11.1 Å². The first-order valence-electron chi connectivity index (χ1n) is 5.81. The average molecular weight is 229 g/mol. The van der Waals surface area contributed by atoms with Crippen LogP contribution in [-0.2, 0) is 0 Å². The summed E-state index contributed by atoms with van der Waals surface area (Å²) >= 11 is 0. The molecule has 1 aromatic rings. The van der Waals surface area contributed by atoms with Crippen LogP contribution < -0.4 is 0 Å². The zero-order valence-corrected chi connectivity index (χ0v) is 9.89. The maximum Gasteiger partial charge on any atom is 0.255 e. The van der Waals surface area contributed by atoms with E-state index in [2.05, 4.69) is 4.98 Å². The van der Waals surface area contributed by atoms with Gasteiger partial charge in [0.1, 0.15) is 6.07 Å². The van der Waals surface area contributed by atoms with Crippen molar-refractivity contribution in [3.63, 3.8) is 0 Å². The quantitative estimate of drug-likeness (QED) is 0.794. The zero-order valence-electron chi connectivity index (χ0n) is 9.89. The fourth-order valence-electron chi connectivity index (χ4n) is 1.98. The van der Waals surface area contributed by atoms with Crippen molar-refractivity contribution < 1.29 is 4.79 Å². The van der Waals surface area contributed by atoms with Crippen molar-refractivity contribution in [3.8, 4) is 6.07 Å². The van der Waals surface area contributed by atoms with E-state index in [4.69, 9.17) is 5.26 Å². The van der Waals surface area contributed by atoms with Crippen LogP contribution in [0.25, 0.3) is 0 Å². The molecule has 1 aliphatic carbocycles. The summed E-state index contributed by atoms with van der Waals surface area (Å²) in [5, 5.41) is 8.76. The Hall–Kier alpha value is -1.89. The zero-order chi connectivity index (χ0) is 12.3. The van der Waals surface area contributed by atoms with Gasteiger partial charge >= 0.3 is 0 Å². The van der Waals surface area contributed by atoms with E-state index in [1.807, 2.05) is 6.07 Å². The number of nitriles is 1. The topological polar surface area (TPSA) is 57.0 Å². The molecule has 1 heterocycles. The molecule has 0 saturated heterocycles. The molecule has 1 fully saturated rings. The Balaban J connectivity index is 2.04. The second kappa shape index (κ2) is 4.96. The average Bonchev–Trinajstić information content (AvgIpc) is 2.32. The highest BCUT2D eigenvalue weighted by atomic mass is 16.2. The van der Waals surface area contributed by atoms with Gasteiger partial charge in [-0.25, -0.2) is 0 Å². The summed E-state index contributed by atoms with van der Waals surface area (Å²) in [6, 6.07) is 3.58. The Kier molecular flexibility index (Phi) is 3.38. The first-order chi connectivity index (χ1) is 8.20. The molecule has 4 nitrogen and oxygen atoms in total. The van der Waals surface area contributed by atoms with Gasteiger partial charge in [0.2, 0.25) is 0 Å². The summed E-state index contributed by atoms with van der Waals surface area (Å²) < 4.78 is 0. The lowest BCUT2D eigenvalue weighted by Crippen LogP contribution is -2.34. The van der Waals surface area contributed by atoms with Gasteiger partial charge in [-0.1, -0.05) is 6.42 Å². The molecular formula is C13H15N3O. The lowest BCUT2D eigenvalue weighted by molar-refractivity contribution is 0.0745. The molecule has 1 saturated carbocycles. The monoisotopic (exact) mass is 229 g/mol. The molecule has 0 bridgehead atoms. The lowest BCUT2D eigenvalue weighted by atomic mass is 9.85. The SMILES string of the molecule is CN(CC1CCC1)C(=O)c1cncc(C#N)c1. The number of hydrogen-bond donors (Lipinski definition) is 0. The van der Waals surface area contributed by atoms with E-state index in [0.717, 1.165) is 6.54 Å². The molecule has 0 aromatic carbocycles. The van der Waals surface area contributed by atoms with Crippen molar-refractivity contribution in [2.45, 2.75) is 19.3 Å². The maximum atomic E-state index is 12.1. The number of carbonyl (C=O) groups excluding carboxylic acids is 1.